The van der Waals surface area contributed by atoms with Crippen molar-refractivity contribution >= 4 is 15.9 Å². The van der Waals surface area contributed by atoms with Crippen LogP contribution in [0, 0.1) is 5.41 Å². The van der Waals surface area contributed by atoms with Crippen molar-refractivity contribution in [3.05, 3.63) is 16.4 Å². The van der Waals surface area contributed by atoms with Gasteiger partial charge >= 0.3 is 0 Å². The van der Waals surface area contributed by atoms with Crippen LogP contribution < -0.4 is 5.32 Å². The van der Waals surface area contributed by atoms with E-state index in [0.717, 1.165) is 10.2 Å². The molecule has 1 unspecified atom stereocenters. The molecule has 1 aromatic rings. The molecule has 6 heteroatoms. The molecule has 2 N–H and O–H groups in total. The van der Waals surface area contributed by atoms with Crippen molar-refractivity contribution in [1.29, 1.82) is 0 Å². The lowest BCUT2D eigenvalue weighted by atomic mass is 9.86. The molecule has 0 fully saturated rings. The highest BCUT2D eigenvalue weighted by Gasteiger charge is 2.35. The van der Waals surface area contributed by atoms with Gasteiger partial charge in [-0.15, -0.1) is 0 Å². The molecule has 0 saturated heterocycles. The predicted molar refractivity (Wildman–Crippen MR) is 62.4 cm³/mol. The Kier molecular flexibility index (Phi) is 4.43. The van der Waals surface area contributed by atoms with Crippen LogP contribution in [0.2, 0.25) is 0 Å². The second-order valence-electron chi connectivity index (χ2n) is 4.42. The fourth-order valence-corrected chi connectivity index (χ4v) is 1.46. The van der Waals surface area contributed by atoms with Crippen molar-refractivity contribution in [2.75, 3.05) is 0 Å². The number of nitrogens with zero attached hydrogens (tertiary/aromatic N) is 1. The molecule has 1 atom stereocenters. The SMILES string of the molecule is CC(NCc1[nH]ncc1Br)C(C)(C)C(F)F. The first kappa shape index (κ1) is 13.6. The molecule has 0 radical (unpaired) electrons. The summed E-state index contributed by atoms with van der Waals surface area (Å²) < 4.78 is 26.3. The Balaban J connectivity index is 2.53. The molecule has 0 bridgehead atoms. The summed E-state index contributed by atoms with van der Waals surface area (Å²) in [4.78, 5) is 0. The number of hydrogen-bond donors (Lipinski definition) is 2. The van der Waals surface area contributed by atoms with Crippen molar-refractivity contribution in [1.82, 2.24) is 15.5 Å². The summed E-state index contributed by atoms with van der Waals surface area (Å²) in [6.07, 6.45) is -0.708. The number of H-pyrrole nitrogens is 1. The van der Waals surface area contributed by atoms with Crippen LogP contribution in [0.25, 0.3) is 0 Å². The van der Waals surface area contributed by atoms with E-state index in [1.165, 1.54) is 0 Å². The molecule has 3 nitrogen and oxygen atoms in total. The van der Waals surface area contributed by atoms with Gasteiger partial charge in [-0.1, -0.05) is 13.8 Å². The fourth-order valence-electron chi connectivity index (χ4n) is 1.13. The molecule has 0 aliphatic heterocycles. The zero-order valence-electron chi connectivity index (χ0n) is 9.52. The number of halogens is 3. The van der Waals surface area contributed by atoms with E-state index >= 15 is 0 Å². The van der Waals surface area contributed by atoms with E-state index in [9.17, 15) is 8.78 Å². The predicted octanol–water partition coefficient (Wildman–Crippen LogP) is 2.94. The summed E-state index contributed by atoms with van der Waals surface area (Å²) in [5.74, 6) is 0. The first-order valence-corrected chi connectivity index (χ1v) is 5.84. The van der Waals surface area contributed by atoms with E-state index in [0.29, 0.717) is 6.54 Å². The minimum Gasteiger partial charge on any atom is -0.308 e. The topological polar surface area (TPSA) is 40.7 Å². The quantitative estimate of drug-likeness (QED) is 0.877. The molecule has 1 heterocycles. The van der Waals surface area contributed by atoms with E-state index in [4.69, 9.17) is 0 Å². The minimum absolute atomic E-state index is 0.289. The van der Waals surface area contributed by atoms with Crippen LogP contribution in [0.3, 0.4) is 0 Å². The van der Waals surface area contributed by atoms with Crippen LogP contribution in [0.5, 0.6) is 0 Å². The molecule has 1 aromatic heterocycles. The van der Waals surface area contributed by atoms with Gasteiger partial charge in [0.25, 0.3) is 0 Å². The van der Waals surface area contributed by atoms with Gasteiger partial charge in [0, 0.05) is 18.0 Å². The standard InChI is InChI=1S/C10H16BrF2N3/c1-6(10(2,3)9(12)13)14-5-8-7(11)4-15-16-8/h4,6,9,14H,5H2,1-3H3,(H,15,16). The van der Waals surface area contributed by atoms with Crippen molar-refractivity contribution in [3.8, 4) is 0 Å². The summed E-state index contributed by atoms with van der Waals surface area (Å²) in [5, 5.41) is 9.70. The third kappa shape index (κ3) is 3.01. The van der Waals surface area contributed by atoms with Gasteiger partial charge in [0.15, 0.2) is 0 Å². The van der Waals surface area contributed by atoms with Gasteiger partial charge < -0.3 is 5.32 Å². The molecule has 0 saturated carbocycles. The lowest BCUT2D eigenvalue weighted by molar-refractivity contribution is -0.00268. The molecule has 16 heavy (non-hydrogen) atoms. The molecule has 92 valence electrons. The summed E-state index contributed by atoms with van der Waals surface area (Å²) in [5.41, 5.74) is -0.191. The Hall–Kier alpha value is -0.490. The maximum atomic E-state index is 12.7. The average Bonchev–Trinajstić information content (AvgIpc) is 2.60. The van der Waals surface area contributed by atoms with Gasteiger partial charge in [0.1, 0.15) is 0 Å². The highest BCUT2D eigenvalue weighted by molar-refractivity contribution is 9.10. The third-order valence-corrected chi connectivity index (χ3v) is 3.61. The van der Waals surface area contributed by atoms with Crippen molar-refractivity contribution in [3.63, 3.8) is 0 Å². The largest absolute Gasteiger partial charge is 0.308 e. The summed E-state index contributed by atoms with van der Waals surface area (Å²) in [6.45, 7) is 5.35. The van der Waals surface area contributed by atoms with E-state index in [1.54, 1.807) is 27.0 Å². The summed E-state index contributed by atoms with van der Waals surface area (Å²) in [7, 11) is 0. The first-order chi connectivity index (χ1) is 7.35. The van der Waals surface area contributed by atoms with Crippen LogP contribution in [0.4, 0.5) is 8.78 Å². The number of aromatic nitrogens is 2. The van der Waals surface area contributed by atoms with Gasteiger partial charge in [0.05, 0.1) is 16.4 Å². The van der Waals surface area contributed by atoms with Crippen LogP contribution >= 0.6 is 15.9 Å². The average molecular weight is 296 g/mol. The molecule has 0 aromatic carbocycles. The minimum atomic E-state index is -2.35. The molecule has 1 rings (SSSR count). The molecular formula is C10H16BrF2N3. The van der Waals surface area contributed by atoms with Crippen molar-refractivity contribution in [2.45, 2.75) is 39.8 Å². The van der Waals surface area contributed by atoms with Gasteiger partial charge in [0.2, 0.25) is 6.43 Å². The smallest absolute Gasteiger partial charge is 0.245 e. The van der Waals surface area contributed by atoms with E-state index in [-0.39, 0.29) is 6.04 Å². The zero-order valence-corrected chi connectivity index (χ0v) is 11.1. The Morgan fingerprint density at radius 3 is 2.62 bits per heavy atom. The second kappa shape index (κ2) is 5.23. The maximum Gasteiger partial charge on any atom is 0.245 e. The number of hydrogen-bond acceptors (Lipinski definition) is 2. The third-order valence-electron chi connectivity index (χ3n) is 2.93. The second-order valence-corrected chi connectivity index (χ2v) is 5.28. The zero-order chi connectivity index (χ0) is 12.3. The molecule has 0 spiro atoms. The van der Waals surface area contributed by atoms with Gasteiger partial charge in [-0.25, -0.2) is 8.78 Å². The van der Waals surface area contributed by atoms with Gasteiger partial charge in [-0.3, -0.25) is 5.10 Å². The first-order valence-electron chi connectivity index (χ1n) is 5.05. The molecule has 0 aliphatic rings. The number of rotatable bonds is 5. The lowest BCUT2D eigenvalue weighted by Crippen LogP contribution is -2.43. The number of aromatic amines is 1. The summed E-state index contributed by atoms with van der Waals surface area (Å²) in [6, 6.07) is -0.289. The van der Waals surface area contributed by atoms with E-state index < -0.39 is 11.8 Å². The van der Waals surface area contributed by atoms with Crippen LogP contribution in [-0.4, -0.2) is 22.7 Å². The van der Waals surface area contributed by atoms with Crippen LogP contribution in [-0.2, 0) is 6.54 Å². The Morgan fingerprint density at radius 2 is 2.19 bits per heavy atom. The highest BCUT2D eigenvalue weighted by atomic mass is 79.9. The Morgan fingerprint density at radius 1 is 1.56 bits per heavy atom. The van der Waals surface area contributed by atoms with Gasteiger partial charge in [-0.2, -0.15) is 5.10 Å². The normalized spacial score (nSPS) is 14.4. The van der Waals surface area contributed by atoms with E-state index in [1.807, 2.05) is 0 Å². The fraction of sp³-hybridized carbons (Fsp3) is 0.700. The summed E-state index contributed by atoms with van der Waals surface area (Å²) >= 11 is 3.31. The molecule has 0 amide bonds. The van der Waals surface area contributed by atoms with E-state index in [2.05, 4.69) is 31.4 Å². The van der Waals surface area contributed by atoms with Crippen molar-refractivity contribution in [2.24, 2.45) is 5.41 Å². The van der Waals surface area contributed by atoms with Crippen LogP contribution in [0.15, 0.2) is 10.7 Å². The molecule has 0 aliphatic carbocycles. The van der Waals surface area contributed by atoms with Gasteiger partial charge in [-0.05, 0) is 22.9 Å². The maximum absolute atomic E-state index is 12.7. The number of nitrogens with one attached hydrogen (secondary N) is 2. The van der Waals surface area contributed by atoms with Crippen LogP contribution in [0.1, 0.15) is 26.5 Å². The monoisotopic (exact) mass is 295 g/mol. The number of alkyl halides is 2. The van der Waals surface area contributed by atoms with Crippen molar-refractivity contribution < 1.29 is 8.78 Å². The Bertz CT molecular complexity index is 339. The Labute approximate surface area is 102 Å². The highest BCUT2D eigenvalue weighted by Crippen LogP contribution is 2.29. The lowest BCUT2D eigenvalue weighted by Gasteiger charge is -2.31. The molecular weight excluding hydrogens is 280 g/mol.